The van der Waals surface area contributed by atoms with E-state index in [1.807, 2.05) is 6.07 Å². The Morgan fingerprint density at radius 1 is 1.20 bits per heavy atom. The number of rotatable bonds is 4. The lowest BCUT2D eigenvalue weighted by Gasteiger charge is -2.34. The molecule has 0 amide bonds. The first-order valence-electron chi connectivity index (χ1n) is 10.3. The minimum atomic E-state index is -4.61. The third-order valence-electron chi connectivity index (χ3n) is 5.57. The van der Waals surface area contributed by atoms with Crippen LogP contribution in [0.25, 0.3) is 4.85 Å². The number of benzene rings is 2. The number of aromatic nitrogens is 3. The Labute approximate surface area is 199 Å². The minimum Gasteiger partial charge on any atom is -0.294 e. The smallest absolute Gasteiger partial charge is 0.294 e. The van der Waals surface area contributed by atoms with E-state index >= 15 is 0 Å². The fourth-order valence-corrected chi connectivity index (χ4v) is 4.46. The van der Waals surface area contributed by atoms with Crippen molar-refractivity contribution in [2.24, 2.45) is 0 Å². The molecule has 3 aromatic rings. The molecule has 1 aromatic heterocycles. The molecule has 178 valence electrons. The number of nitriles is 1. The highest BCUT2D eigenvalue weighted by Gasteiger charge is 2.39. The Morgan fingerprint density at radius 3 is 2.46 bits per heavy atom. The van der Waals surface area contributed by atoms with Gasteiger partial charge in [-0.05, 0) is 42.8 Å². The van der Waals surface area contributed by atoms with Gasteiger partial charge in [-0.25, -0.2) is 17.9 Å². The van der Waals surface area contributed by atoms with Crippen LogP contribution in [0.1, 0.15) is 36.6 Å². The van der Waals surface area contributed by atoms with Crippen LogP contribution in [-0.4, -0.2) is 28.9 Å². The molecule has 1 atom stereocenters. The maximum Gasteiger partial charge on any atom is 0.416 e. The number of hydrogen-bond donors (Lipinski definition) is 0. The van der Waals surface area contributed by atoms with E-state index in [-0.39, 0.29) is 28.8 Å². The average molecular weight is 498 g/mol. The molecule has 0 fully saturated rings. The Bertz CT molecular complexity index is 1530. The van der Waals surface area contributed by atoms with Crippen molar-refractivity contribution < 1.29 is 21.6 Å². The van der Waals surface area contributed by atoms with Crippen molar-refractivity contribution >= 4 is 21.5 Å². The van der Waals surface area contributed by atoms with Gasteiger partial charge >= 0.3 is 6.18 Å². The summed E-state index contributed by atoms with van der Waals surface area (Å²) in [7, 11) is -3.88. The quantitative estimate of drug-likeness (QED) is 0.477. The summed E-state index contributed by atoms with van der Waals surface area (Å²) >= 11 is 0. The second-order valence-corrected chi connectivity index (χ2v) is 9.82. The summed E-state index contributed by atoms with van der Waals surface area (Å²) in [6.07, 6.45) is -4.61. The summed E-state index contributed by atoms with van der Waals surface area (Å²) in [6, 6.07) is 11.9. The van der Waals surface area contributed by atoms with Crippen LogP contribution < -0.4 is 4.90 Å². The van der Waals surface area contributed by atoms with Crippen molar-refractivity contribution in [2.45, 2.75) is 31.2 Å². The van der Waals surface area contributed by atoms with Gasteiger partial charge in [-0.1, -0.05) is 25.1 Å². The topological polar surface area (TPSA) is 96.2 Å². The summed E-state index contributed by atoms with van der Waals surface area (Å²) < 4.78 is 66.6. The molecule has 0 unspecified atom stereocenters. The number of allylic oxidation sites excluding steroid dienone is 2. The molecule has 4 rings (SSSR count). The number of sulfone groups is 1. The van der Waals surface area contributed by atoms with Gasteiger partial charge in [0.2, 0.25) is 21.5 Å². The largest absolute Gasteiger partial charge is 0.416 e. The highest BCUT2D eigenvalue weighted by Crippen LogP contribution is 2.44. The van der Waals surface area contributed by atoms with E-state index < -0.39 is 32.8 Å². The zero-order chi connectivity index (χ0) is 25.5. The fourth-order valence-electron chi connectivity index (χ4n) is 3.77. The van der Waals surface area contributed by atoms with Gasteiger partial charge in [0, 0.05) is 11.4 Å². The van der Waals surface area contributed by atoms with E-state index in [9.17, 15) is 21.6 Å². The van der Waals surface area contributed by atoms with Crippen LogP contribution in [0.4, 0.5) is 24.8 Å². The van der Waals surface area contributed by atoms with E-state index in [4.69, 9.17) is 11.8 Å². The van der Waals surface area contributed by atoms with Gasteiger partial charge in [-0.3, -0.25) is 4.90 Å². The molecular formula is C23H17F3N6O2S. The Hall–Kier alpha value is -4.16. The third-order valence-corrected chi connectivity index (χ3v) is 7.06. The van der Waals surface area contributed by atoms with Crippen LogP contribution in [0.3, 0.4) is 0 Å². The van der Waals surface area contributed by atoms with Crippen LogP contribution in [0.15, 0.2) is 65.1 Å². The van der Waals surface area contributed by atoms with Crippen LogP contribution in [0, 0.1) is 17.9 Å². The molecule has 0 saturated heterocycles. The van der Waals surface area contributed by atoms with Crippen molar-refractivity contribution in [1.82, 2.24) is 14.8 Å². The second-order valence-electron chi connectivity index (χ2n) is 7.64. The van der Waals surface area contributed by atoms with E-state index in [1.54, 1.807) is 31.2 Å². The van der Waals surface area contributed by atoms with Crippen molar-refractivity contribution in [3.05, 3.63) is 88.0 Å². The van der Waals surface area contributed by atoms with E-state index in [1.165, 1.54) is 28.6 Å². The number of halogens is 3. The zero-order valence-electron chi connectivity index (χ0n) is 18.4. The number of alkyl halides is 3. The Morgan fingerprint density at radius 2 is 1.89 bits per heavy atom. The van der Waals surface area contributed by atoms with Crippen molar-refractivity contribution in [1.29, 1.82) is 5.26 Å². The van der Waals surface area contributed by atoms with Crippen LogP contribution in [0.2, 0.25) is 0 Å². The summed E-state index contributed by atoms with van der Waals surface area (Å²) in [6.45, 7) is 10.8. The summed E-state index contributed by atoms with van der Waals surface area (Å²) in [5.41, 5.74) is 0.441. The Kier molecular flexibility index (Phi) is 5.87. The van der Waals surface area contributed by atoms with Gasteiger partial charge in [-0.15, -0.1) is 5.10 Å². The SMILES string of the molecule is [C-]#[N+]C1=C(C)N(c2cccc(C(F)(F)F)c2)c2nc(S(=O)(=O)CC)nn2[C@@H]1c1ccc(C#N)cc1. The van der Waals surface area contributed by atoms with Crippen molar-refractivity contribution in [3.8, 4) is 6.07 Å². The van der Waals surface area contributed by atoms with Crippen LogP contribution >= 0.6 is 0 Å². The lowest BCUT2D eigenvalue weighted by Crippen LogP contribution is -2.30. The summed E-state index contributed by atoms with van der Waals surface area (Å²) in [5, 5.41) is 12.8. The number of nitrogens with zero attached hydrogens (tertiary/aromatic N) is 6. The summed E-state index contributed by atoms with van der Waals surface area (Å²) in [4.78, 5) is 9.12. The predicted octanol–water partition coefficient (Wildman–Crippen LogP) is 4.85. The Balaban J connectivity index is 2.01. The lowest BCUT2D eigenvalue weighted by atomic mass is 9.99. The van der Waals surface area contributed by atoms with Gasteiger partial charge in [0.15, 0.2) is 0 Å². The van der Waals surface area contributed by atoms with E-state index in [0.29, 0.717) is 11.1 Å². The van der Waals surface area contributed by atoms with Crippen molar-refractivity contribution in [3.63, 3.8) is 0 Å². The first kappa shape index (κ1) is 24.0. The van der Waals surface area contributed by atoms with E-state index in [0.717, 1.165) is 12.1 Å². The molecule has 0 bridgehead atoms. The average Bonchev–Trinajstić information content (AvgIpc) is 3.28. The van der Waals surface area contributed by atoms with Crippen molar-refractivity contribution in [2.75, 3.05) is 10.7 Å². The second kappa shape index (κ2) is 8.56. The predicted molar refractivity (Wildman–Crippen MR) is 120 cm³/mol. The molecule has 2 heterocycles. The highest BCUT2D eigenvalue weighted by atomic mass is 32.2. The molecule has 35 heavy (non-hydrogen) atoms. The maximum atomic E-state index is 13.4. The molecule has 0 aliphatic carbocycles. The first-order chi connectivity index (χ1) is 16.5. The molecule has 0 radical (unpaired) electrons. The third kappa shape index (κ3) is 4.13. The summed E-state index contributed by atoms with van der Waals surface area (Å²) in [5.74, 6) is -0.334. The molecule has 0 saturated carbocycles. The molecule has 0 N–H and O–H groups in total. The van der Waals surface area contributed by atoms with Crippen LogP contribution in [-0.2, 0) is 16.0 Å². The highest BCUT2D eigenvalue weighted by molar-refractivity contribution is 7.91. The van der Waals surface area contributed by atoms with Gasteiger partial charge in [-0.2, -0.15) is 23.4 Å². The molecule has 12 heteroatoms. The number of anilines is 2. The minimum absolute atomic E-state index is 0.0457. The molecule has 0 spiro atoms. The molecular weight excluding hydrogens is 481 g/mol. The van der Waals surface area contributed by atoms with Gasteiger partial charge in [0.1, 0.15) is 6.04 Å². The monoisotopic (exact) mass is 498 g/mol. The number of fused-ring (bicyclic) bond motifs is 1. The van der Waals surface area contributed by atoms with Gasteiger partial charge < -0.3 is 0 Å². The molecule has 1 aliphatic rings. The first-order valence-corrected chi connectivity index (χ1v) is 11.9. The standard InChI is InChI=1S/C23H17F3N6O2S/c1-4-35(33,34)21-29-22-31(18-7-5-6-17(12-18)23(24,25)26)14(2)19(28-3)20(32(22)30-21)16-10-8-15(13-27)9-11-16/h5-12,20H,4H2,1-2H3/t20-/m1/s1. The van der Waals surface area contributed by atoms with Crippen LogP contribution in [0.5, 0.6) is 0 Å². The lowest BCUT2D eigenvalue weighted by molar-refractivity contribution is -0.137. The van der Waals surface area contributed by atoms with E-state index in [2.05, 4.69) is 14.9 Å². The zero-order valence-corrected chi connectivity index (χ0v) is 19.3. The molecule has 8 nitrogen and oxygen atoms in total. The normalized spacial score (nSPS) is 16.0. The maximum absolute atomic E-state index is 13.4. The molecule has 2 aromatic carbocycles. The fraction of sp³-hybridized carbons (Fsp3) is 0.217. The molecule has 1 aliphatic heterocycles. The van der Waals surface area contributed by atoms with Gasteiger partial charge in [0.25, 0.3) is 5.16 Å². The van der Waals surface area contributed by atoms with Gasteiger partial charge in [0.05, 0.1) is 29.5 Å². The number of hydrogen-bond acceptors (Lipinski definition) is 6.